The average molecular weight is 285 g/mol. The molecule has 1 atom stereocenters. The van der Waals surface area contributed by atoms with E-state index < -0.39 is 11.7 Å². The van der Waals surface area contributed by atoms with Gasteiger partial charge in [-0.1, -0.05) is 6.92 Å². The predicted molar refractivity (Wildman–Crippen MR) is 72.8 cm³/mol. The molecule has 0 spiro atoms. The highest BCUT2D eigenvalue weighted by Crippen LogP contribution is 2.34. The molecule has 1 unspecified atom stereocenters. The second-order valence-corrected chi connectivity index (χ2v) is 5.39. The SMILES string of the molecule is CC(CO)c1cc2cc(C(F)(F)F)ccc2n1C(C)C. The van der Waals surface area contributed by atoms with Crippen LogP contribution in [0.1, 0.15) is 44.0 Å². The number of rotatable bonds is 3. The highest BCUT2D eigenvalue weighted by molar-refractivity contribution is 5.82. The van der Waals surface area contributed by atoms with Crippen LogP contribution in [0.3, 0.4) is 0 Å². The van der Waals surface area contributed by atoms with E-state index in [4.69, 9.17) is 0 Å². The summed E-state index contributed by atoms with van der Waals surface area (Å²) in [5.41, 5.74) is 0.981. The number of alkyl halides is 3. The molecule has 1 heterocycles. The van der Waals surface area contributed by atoms with Crippen LogP contribution in [-0.4, -0.2) is 16.3 Å². The van der Waals surface area contributed by atoms with Gasteiger partial charge in [0.15, 0.2) is 0 Å². The molecule has 0 amide bonds. The van der Waals surface area contributed by atoms with Crippen LogP contribution in [0.5, 0.6) is 0 Å². The van der Waals surface area contributed by atoms with Crippen LogP contribution >= 0.6 is 0 Å². The number of halogens is 3. The van der Waals surface area contributed by atoms with Crippen molar-refractivity contribution < 1.29 is 18.3 Å². The van der Waals surface area contributed by atoms with E-state index in [9.17, 15) is 18.3 Å². The van der Waals surface area contributed by atoms with Gasteiger partial charge in [0.25, 0.3) is 0 Å². The van der Waals surface area contributed by atoms with E-state index in [1.807, 2.05) is 25.3 Å². The van der Waals surface area contributed by atoms with Gasteiger partial charge in [0.1, 0.15) is 0 Å². The number of aromatic nitrogens is 1. The fraction of sp³-hybridized carbons (Fsp3) is 0.467. The standard InChI is InChI=1S/C15H18F3NO/c1-9(2)19-13-5-4-12(15(16,17)18)6-11(13)7-14(19)10(3)8-20/h4-7,9-10,20H,8H2,1-3H3. The van der Waals surface area contributed by atoms with Crippen LogP contribution in [0, 0.1) is 0 Å². The lowest BCUT2D eigenvalue weighted by Crippen LogP contribution is -2.10. The van der Waals surface area contributed by atoms with Crippen LogP contribution in [0.4, 0.5) is 13.2 Å². The zero-order valence-corrected chi connectivity index (χ0v) is 11.7. The highest BCUT2D eigenvalue weighted by atomic mass is 19.4. The monoisotopic (exact) mass is 285 g/mol. The van der Waals surface area contributed by atoms with Crippen LogP contribution in [0.25, 0.3) is 10.9 Å². The number of aliphatic hydroxyl groups is 1. The van der Waals surface area contributed by atoms with E-state index in [-0.39, 0.29) is 18.6 Å². The summed E-state index contributed by atoms with van der Waals surface area (Å²) >= 11 is 0. The third-order valence-corrected chi connectivity index (χ3v) is 3.49. The van der Waals surface area contributed by atoms with Gasteiger partial charge in [-0.2, -0.15) is 13.2 Å². The van der Waals surface area contributed by atoms with Gasteiger partial charge in [0, 0.05) is 28.6 Å². The van der Waals surface area contributed by atoms with Crippen molar-refractivity contribution >= 4 is 10.9 Å². The zero-order chi connectivity index (χ0) is 15.1. The Labute approximate surface area is 115 Å². The lowest BCUT2D eigenvalue weighted by molar-refractivity contribution is -0.137. The third-order valence-electron chi connectivity index (χ3n) is 3.49. The summed E-state index contributed by atoms with van der Waals surface area (Å²) in [7, 11) is 0. The van der Waals surface area contributed by atoms with Crippen LogP contribution in [0.2, 0.25) is 0 Å². The molecule has 0 aliphatic carbocycles. The normalized spacial score (nSPS) is 14.2. The van der Waals surface area contributed by atoms with Gasteiger partial charge < -0.3 is 9.67 Å². The maximum atomic E-state index is 12.8. The topological polar surface area (TPSA) is 25.2 Å². The summed E-state index contributed by atoms with van der Waals surface area (Å²) in [6.07, 6.45) is -4.34. The Kier molecular flexibility index (Phi) is 3.82. The first-order valence-corrected chi connectivity index (χ1v) is 6.58. The molecule has 0 aliphatic heterocycles. The minimum Gasteiger partial charge on any atom is -0.396 e. The fourth-order valence-corrected chi connectivity index (χ4v) is 2.48. The number of fused-ring (bicyclic) bond motifs is 1. The molecule has 0 fully saturated rings. The summed E-state index contributed by atoms with van der Waals surface area (Å²) in [5.74, 6) is -0.112. The van der Waals surface area contributed by atoms with E-state index >= 15 is 0 Å². The first kappa shape index (κ1) is 14.9. The average Bonchev–Trinajstić information content (AvgIpc) is 2.74. The van der Waals surface area contributed by atoms with Crippen molar-refractivity contribution in [3.05, 3.63) is 35.5 Å². The summed E-state index contributed by atoms with van der Waals surface area (Å²) in [4.78, 5) is 0. The Hall–Kier alpha value is -1.49. The quantitative estimate of drug-likeness (QED) is 0.891. The van der Waals surface area contributed by atoms with Gasteiger partial charge in [-0.3, -0.25) is 0 Å². The molecule has 2 nitrogen and oxygen atoms in total. The molecular formula is C15H18F3NO. The molecule has 2 rings (SSSR count). The lowest BCUT2D eigenvalue weighted by atomic mass is 10.1. The Morgan fingerprint density at radius 2 is 1.80 bits per heavy atom. The molecule has 0 saturated carbocycles. The Morgan fingerprint density at radius 1 is 1.15 bits per heavy atom. The predicted octanol–water partition coefficient (Wildman–Crippen LogP) is 4.34. The molecule has 20 heavy (non-hydrogen) atoms. The van der Waals surface area contributed by atoms with Crippen molar-refractivity contribution in [1.29, 1.82) is 0 Å². The molecule has 1 N–H and O–H groups in total. The molecule has 0 radical (unpaired) electrons. The minimum atomic E-state index is -4.34. The summed E-state index contributed by atoms with van der Waals surface area (Å²) in [5, 5.41) is 9.87. The first-order valence-electron chi connectivity index (χ1n) is 6.58. The van der Waals surface area contributed by atoms with Gasteiger partial charge >= 0.3 is 6.18 Å². The maximum absolute atomic E-state index is 12.8. The summed E-state index contributed by atoms with van der Waals surface area (Å²) in [6.45, 7) is 5.78. The Morgan fingerprint density at radius 3 is 2.30 bits per heavy atom. The summed E-state index contributed by atoms with van der Waals surface area (Å²) in [6, 6.07) is 5.64. The molecule has 5 heteroatoms. The molecular weight excluding hydrogens is 267 g/mol. The number of hydrogen-bond donors (Lipinski definition) is 1. The molecule has 1 aromatic heterocycles. The van der Waals surface area contributed by atoms with Crippen molar-refractivity contribution in [3.8, 4) is 0 Å². The Balaban J connectivity index is 2.67. The van der Waals surface area contributed by atoms with Crippen LogP contribution < -0.4 is 0 Å². The molecule has 1 aromatic carbocycles. The minimum absolute atomic E-state index is 0.0326. The van der Waals surface area contributed by atoms with E-state index in [0.29, 0.717) is 5.39 Å². The molecule has 2 aromatic rings. The second kappa shape index (κ2) is 5.13. The van der Waals surface area contributed by atoms with Gasteiger partial charge in [-0.25, -0.2) is 0 Å². The fourth-order valence-electron chi connectivity index (χ4n) is 2.48. The van der Waals surface area contributed by atoms with Crippen molar-refractivity contribution in [3.63, 3.8) is 0 Å². The van der Waals surface area contributed by atoms with Gasteiger partial charge in [-0.15, -0.1) is 0 Å². The van der Waals surface area contributed by atoms with Crippen molar-refractivity contribution in [2.45, 2.75) is 38.9 Å². The van der Waals surface area contributed by atoms with Crippen molar-refractivity contribution in [2.24, 2.45) is 0 Å². The van der Waals surface area contributed by atoms with E-state index in [0.717, 1.165) is 17.3 Å². The largest absolute Gasteiger partial charge is 0.416 e. The molecule has 0 aliphatic rings. The lowest BCUT2D eigenvalue weighted by Gasteiger charge is -2.18. The third kappa shape index (κ3) is 2.54. The summed E-state index contributed by atoms with van der Waals surface area (Å²) < 4.78 is 40.3. The Bertz CT molecular complexity index is 613. The van der Waals surface area contributed by atoms with E-state index in [1.165, 1.54) is 12.1 Å². The van der Waals surface area contributed by atoms with Gasteiger partial charge in [0.2, 0.25) is 0 Å². The zero-order valence-electron chi connectivity index (χ0n) is 11.7. The van der Waals surface area contributed by atoms with E-state index in [2.05, 4.69) is 0 Å². The number of benzene rings is 1. The maximum Gasteiger partial charge on any atom is 0.416 e. The molecule has 0 saturated heterocycles. The second-order valence-electron chi connectivity index (χ2n) is 5.39. The van der Waals surface area contributed by atoms with Crippen LogP contribution in [0.15, 0.2) is 24.3 Å². The highest BCUT2D eigenvalue weighted by Gasteiger charge is 2.31. The molecule has 0 bridgehead atoms. The number of hydrogen-bond acceptors (Lipinski definition) is 1. The first-order chi connectivity index (χ1) is 9.25. The van der Waals surface area contributed by atoms with Gasteiger partial charge in [-0.05, 0) is 38.1 Å². The van der Waals surface area contributed by atoms with Gasteiger partial charge in [0.05, 0.1) is 12.2 Å². The number of aliphatic hydroxyl groups excluding tert-OH is 1. The number of nitrogens with zero attached hydrogens (tertiary/aromatic N) is 1. The van der Waals surface area contributed by atoms with Crippen molar-refractivity contribution in [2.75, 3.05) is 6.61 Å². The molecule has 110 valence electrons. The van der Waals surface area contributed by atoms with Crippen molar-refractivity contribution in [1.82, 2.24) is 4.57 Å². The smallest absolute Gasteiger partial charge is 0.396 e. The van der Waals surface area contributed by atoms with Crippen LogP contribution in [-0.2, 0) is 6.18 Å². The van der Waals surface area contributed by atoms with E-state index in [1.54, 1.807) is 6.07 Å².